The summed E-state index contributed by atoms with van der Waals surface area (Å²) in [6, 6.07) is 5.30. The van der Waals surface area contributed by atoms with Gasteiger partial charge in [0.2, 0.25) is 5.95 Å². The number of halogens is 3. The number of nitrogen functional groups attached to an aromatic ring is 1. The average molecular weight is 321 g/mol. The fourth-order valence-electron chi connectivity index (χ4n) is 1.45. The molecule has 2 rings (SSSR count). The molecule has 0 bridgehead atoms. The first-order valence-corrected chi connectivity index (χ1v) is 5.98. The summed E-state index contributed by atoms with van der Waals surface area (Å²) >= 11 is 15.3. The molecule has 2 aromatic rings. The molecule has 16 heavy (non-hydrogen) atoms. The van der Waals surface area contributed by atoms with Gasteiger partial charge in [0.25, 0.3) is 0 Å². The van der Waals surface area contributed by atoms with E-state index >= 15 is 0 Å². The lowest BCUT2D eigenvalue weighted by Gasteiger charge is -2.06. The molecule has 0 amide bonds. The molecule has 0 aliphatic rings. The molecule has 0 saturated heterocycles. The normalized spacial score (nSPS) is 10.8. The van der Waals surface area contributed by atoms with Crippen molar-refractivity contribution >= 4 is 45.1 Å². The molecule has 0 spiro atoms. The van der Waals surface area contributed by atoms with E-state index in [-0.39, 0.29) is 0 Å². The van der Waals surface area contributed by atoms with Gasteiger partial charge in [-0.1, -0.05) is 23.2 Å². The summed E-state index contributed by atoms with van der Waals surface area (Å²) in [5.41, 5.74) is 7.38. The van der Waals surface area contributed by atoms with Crippen LogP contribution in [-0.4, -0.2) is 9.55 Å². The number of nitrogens with zero attached hydrogens (tertiary/aromatic N) is 2. The zero-order valence-corrected chi connectivity index (χ0v) is 11.4. The monoisotopic (exact) mass is 319 g/mol. The molecule has 0 aliphatic heterocycles. The highest BCUT2D eigenvalue weighted by Gasteiger charge is 2.15. The second-order valence-electron chi connectivity index (χ2n) is 3.29. The summed E-state index contributed by atoms with van der Waals surface area (Å²) in [4.78, 5) is 4.12. The Labute approximate surface area is 111 Å². The van der Waals surface area contributed by atoms with Crippen molar-refractivity contribution in [3.05, 3.63) is 32.8 Å². The molecule has 0 unspecified atom stereocenters. The molecule has 0 radical (unpaired) electrons. The molecule has 0 saturated carbocycles. The smallest absolute Gasteiger partial charge is 0.201 e. The van der Waals surface area contributed by atoms with Gasteiger partial charge in [-0.05, 0) is 34.1 Å². The Kier molecular flexibility index (Phi) is 3.15. The van der Waals surface area contributed by atoms with Crippen LogP contribution in [0.1, 0.15) is 0 Å². The molecule has 6 heteroatoms. The zero-order valence-electron chi connectivity index (χ0n) is 8.34. The van der Waals surface area contributed by atoms with Gasteiger partial charge in [0, 0.05) is 17.6 Å². The van der Waals surface area contributed by atoms with Crippen LogP contribution in [0.15, 0.2) is 22.8 Å². The van der Waals surface area contributed by atoms with Crippen molar-refractivity contribution in [3.63, 3.8) is 0 Å². The molecular formula is C10H8BrCl2N3. The van der Waals surface area contributed by atoms with Gasteiger partial charge in [0.1, 0.15) is 4.60 Å². The predicted molar refractivity (Wildman–Crippen MR) is 70.8 cm³/mol. The van der Waals surface area contributed by atoms with Crippen molar-refractivity contribution in [1.29, 1.82) is 0 Å². The highest BCUT2D eigenvalue weighted by molar-refractivity contribution is 9.10. The summed E-state index contributed by atoms with van der Waals surface area (Å²) in [5.74, 6) is 0.424. The second kappa shape index (κ2) is 4.28. The van der Waals surface area contributed by atoms with E-state index in [0.717, 1.165) is 11.3 Å². The number of anilines is 1. The Balaban J connectivity index is 2.67. The fraction of sp³-hybridized carbons (Fsp3) is 0.100. The van der Waals surface area contributed by atoms with E-state index in [1.165, 1.54) is 0 Å². The minimum absolute atomic E-state index is 0.424. The van der Waals surface area contributed by atoms with Crippen LogP contribution in [0.25, 0.3) is 11.3 Å². The van der Waals surface area contributed by atoms with Gasteiger partial charge in [-0.3, -0.25) is 0 Å². The van der Waals surface area contributed by atoms with Gasteiger partial charge in [0.05, 0.1) is 10.7 Å². The van der Waals surface area contributed by atoms with Crippen LogP contribution in [0.3, 0.4) is 0 Å². The Hall–Kier alpha value is -0.710. The SMILES string of the molecule is Cn1c(N)nc(Br)c1-c1ccc(Cl)cc1Cl. The van der Waals surface area contributed by atoms with Crippen LogP contribution in [0.2, 0.25) is 10.0 Å². The van der Waals surface area contributed by atoms with Crippen LogP contribution < -0.4 is 5.73 Å². The lowest BCUT2D eigenvalue weighted by molar-refractivity contribution is 0.938. The molecule has 0 aliphatic carbocycles. The second-order valence-corrected chi connectivity index (χ2v) is 4.89. The number of imidazole rings is 1. The molecule has 1 heterocycles. The van der Waals surface area contributed by atoms with Gasteiger partial charge >= 0.3 is 0 Å². The van der Waals surface area contributed by atoms with E-state index in [4.69, 9.17) is 28.9 Å². The quantitative estimate of drug-likeness (QED) is 0.870. The summed E-state index contributed by atoms with van der Waals surface area (Å²) < 4.78 is 2.43. The zero-order chi connectivity index (χ0) is 11.9. The summed E-state index contributed by atoms with van der Waals surface area (Å²) in [6.07, 6.45) is 0. The lowest BCUT2D eigenvalue weighted by Crippen LogP contribution is -1.98. The third-order valence-corrected chi connectivity index (χ3v) is 3.37. The molecule has 1 aromatic heterocycles. The van der Waals surface area contributed by atoms with Crippen LogP contribution >= 0.6 is 39.1 Å². The number of hydrogen-bond donors (Lipinski definition) is 1. The molecule has 0 fully saturated rings. The Morgan fingerprint density at radius 3 is 2.56 bits per heavy atom. The lowest BCUT2D eigenvalue weighted by atomic mass is 10.1. The Morgan fingerprint density at radius 2 is 2.06 bits per heavy atom. The maximum absolute atomic E-state index is 6.13. The van der Waals surface area contributed by atoms with Crippen molar-refractivity contribution in [2.24, 2.45) is 7.05 Å². The van der Waals surface area contributed by atoms with Crippen LogP contribution in [0, 0.1) is 0 Å². The molecule has 84 valence electrons. The Bertz CT molecular complexity index is 551. The first kappa shape index (κ1) is 11.8. The maximum atomic E-state index is 6.13. The van der Waals surface area contributed by atoms with E-state index in [0.29, 0.717) is 20.6 Å². The predicted octanol–water partition coefficient (Wildman–Crippen LogP) is 3.74. The third kappa shape index (κ3) is 1.93. The summed E-state index contributed by atoms with van der Waals surface area (Å²) in [7, 11) is 1.83. The first-order chi connectivity index (χ1) is 7.50. The first-order valence-electron chi connectivity index (χ1n) is 4.44. The van der Waals surface area contributed by atoms with Crippen LogP contribution in [0.4, 0.5) is 5.95 Å². The molecular weight excluding hydrogens is 313 g/mol. The standard InChI is InChI=1S/C10H8BrCl2N3/c1-16-8(9(11)15-10(16)14)6-3-2-5(12)4-7(6)13/h2-4H,1H3,(H2,14,15). The number of nitrogens with two attached hydrogens (primary N) is 1. The summed E-state index contributed by atoms with van der Waals surface area (Å²) in [5, 5.41) is 1.16. The number of aromatic nitrogens is 2. The highest BCUT2D eigenvalue weighted by atomic mass is 79.9. The van der Waals surface area contributed by atoms with Gasteiger partial charge in [-0.25, -0.2) is 4.98 Å². The number of rotatable bonds is 1. The number of benzene rings is 1. The van der Waals surface area contributed by atoms with Crippen LogP contribution in [0.5, 0.6) is 0 Å². The van der Waals surface area contributed by atoms with Crippen molar-refractivity contribution in [1.82, 2.24) is 9.55 Å². The van der Waals surface area contributed by atoms with E-state index < -0.39 is 0 Å². The van der Waals surface area contributed by atoms with Crippen molar-refractivity contribution in [2.45, 2.75) is 0 Å². The van der Waals surface area contributed by atoms with Crippen molar-refractivity contribution in [2.75, 3.05) is 5.73 Å². The van der Waals surface area contributed by atoms with Gasteiger partial charge in [-0.15, -0.1) is 0 Å². The van der Waals surface area contributed by atoms with Crippen molar-refractivity contribution < 1.29 is 0 Å². The van der Waals surface area contributed by atoms with E-state index in [2.05, 4.69) is 20.9 Å². The topological polar surface area (TPSA) is 43.8 Å². The molecule has 3 nitrogen and oxygen atoms in total. The van der Waals surface area contributed by atoms with Gasteiger partial charge in [-0.2, -0.15) is 0 Å². The summed E-state index contributed by atoms with van der Waals surface area (Å²) in [6.45, 7) is 0. The van der Waals surface area contributed by atoms with E-state index in [1.54, 1.807) is 16.7 Å². The fourth-order valence-corrected chi connectivity index (χ4v) is 2.61. The largest absolute Gasteiger partial charge is 0.369 e. The molecule has 0 atom stereocenters. The van der Waals surface area contributed by atoms with Gasteiger partial charge in [0.15, 0.2) is 0 Å². The molecule has 2 N–H and O–H groups in total. The minimum atomic E-state index is 0.424. The highest BCUT2D eigenvalue weighted by Crippen LogP contribution is 2.35. The Morgan fingerprint density at radius 1 is 1.38 bits per heavy atom. The molecule has 1 aromatic carbocycles. The number of hydrogen-bond acceptors (Lipinski definition) is 2. The van der Waals surface area contributed by atoms with E-state index in [9.17, 15) is 0 Å². The van der Waals surface area contributed by atoms with Crippen LogP contribution in [-0.2, 0) is 7.05 Å². The van der Waals surface area contributed by atoms with E-state index in [1.807, 2.05) is 13.1 Å². The minimum Gasteiger partial charge on any atom is -0.369 e. The third-order valence-electron chi connectivity index (χ3n) is 2.27. The van der Waals surface area contributed by atoms with Crippen molar-refractivity contribution in [3.8, 4) is 11.3 Å². The van der Waals surface area contributed by atoms with Gasteiger partial charge < -0.3 is 10.3 Å². The average Bonchev–Trinajstić information content (AvgIpc) is 2.43. The maximum Gasteiger partial charge on any atom is 0.201 e.